The lowest BCUT2D eigenvalue weighted by Crippen LogP contribution is -2.37. The van der Waals surface area contributed by atoms with Crippen LogP contribution in [0, 0.1) is 0 Å². The number of aromatic nitrogens is 2. The van der Waals surface area contributed by atoms with Gasteiger partial charge < -0.3 is 14.2 Å². The maximum atomic E-state index is 11.8. The molecule has 1 heterocycles. The van der Waals surface area contributed by atoms with Crippen molar-refractivity contribution in [3.05, 3.63) is 34.3 Å². The number of hydrogen-bond donors (Lipinski definition) is 2. The van der Waals surface area contributed by atoms with E-state index in [4.69, 9.17) is 37.4 Å². The molecule has 0 bridgehead atoms. The molecule has 9 nitrogen and oxygen atoms in total. The Morgan fingerprint density at radius 1 is 1.08 bits per heavy atom. The molecule has 0 aliphatic heterocycles. The number of nitrogens with one attached hydrogen (secondary N) is 2. The number of imide groups is 1. The average Bonchev–Trinajstić information content (AvgIpc) is 2.60. The highest BCUT2D eigenvalue weighted by molar-refractivity contribution is 6.35. The molecule has 1 aromatic carbocycles. The summed E-state index contributed by atoms with van der Waals surface area (Å²) in [5.41, 5.74) is 0. The van der Waals surface area contributed by atoms with Crippen LogP contribution in [0.2, 0.25) is 10.0 Å². The van der Waals surface area contributed by atoms with Gasteiger partial charge in [-0.05, 0) is 18.2 Å². The van der Waals surface area contributed by atoms with Gasteiger partial charge in [0.15, 0.2) is 6.61 Å². The Kier molecular flexibility index (Phi) is 6.81. The maximum absolute atomic E-state index is 11.8. The maximum Gasteiger partial charge on any atom is 0.328 e. The average molecular weight is 401 g/mol. The van der Waals surface area contributed by atoms with Crippen LogP contribution in [0.25, 0.3) is 0 Å². The van der Waals surface area contributed by atoms with Gasteiger partial charge >= 0.3 is 6.03 Å². The molecule has 0 saturated carbocycles. The number of halogens is 2. The lowest BCUT2D eigenvalue weighted by Gasteiger charge is -2.09. The fourth-order valence-corrected chi connectivity index (χ4v) is 2.16. The Labute approximate surface area is 158 Å². The first-order chi connectivity index (χ1) is 12.4. The number of urea groups is 1. The SMILES string of the molecule is COc1cc(OC)nc(NC(=O)NC(=O)COc2ccc(Cl)cc2Cl)n1. The van der Waals surface area contributed by atoms with Crippen molar-refractivity contribution in [2.75, 3.05) is 26.1 Å². The summed E-state index contributed by atoms with van der Waals surface area (Å²) in [6, 6.07) is 5.11. The Morgan fingerprint density at radius 3 is 2.31 bits per heavy atom. The number of carbonyl (C=O) groups excluding carboxylic acids is 2. The Balaban J connectivity index is 1.90. The quantitative estimate of drug-likeness (QED) is 0.765. The van der Waals surface area contributed by atoms with Crippen LogP contribution in [0.3, 0.4) is 0 Å². The van der Waals surface area contributed by atoms with E-state index in [1.165, 1.54) is 32.4 Å². The largest absolute Gasteiger partial charge is 0.482 e. The predicted octanol–water partition coefficient (Wildman–Crippen LogP) is 2.53. The molecule has 0 radical (unpaired) electrons. The third-order valence-corrected chi connectivity index (χ3v) is 3.36. The van der Waals surface area contributed by atoms with Gasteiger partial charge in [-0.2, -0.15) is 9.97 Å². The van der Waals surface area contributed by atoms with E-state index in [9.17, 15) is 9.59 Å². The zero-order valence-corrected chi connectivity index (χ0v) is 15.2. The van der Waals surface area contributed by atoms with Gasteiger partial charge in [-0.3, -0.25) is 15.4 Å². The number of amides is 3. The van der Waals surface area contributed by atoms with Crippen molar-refractivity contribution in [1.82, 2.24) is 15.3 Å². The van der Waals surface area contributed by atoms with Crippen molar-refractivity contribution >= 4 is 41.1 Å². The number of anilines is 1. The highest BCUT2D eigenvalue weighted by atomic mass is 35.5. The van der Waals surface area contributed by atoms with Crippen molar-refractivity contribution in [3.63, 3.8) is 0 Å². The van der Waals surface area contributed by atoms with Crippen LogP contribution in [0.15, 0.2) is 24.3 Å². The number of rotatable bonds is 6. The summed E-state index contributed by atoms with van der Waals surface area (Å²) in [6.45, 7) is -0.433. The van der Waals surface area contributed by atoms with E-state index in [1.54, 1.807) is 6.07 Å². The number of ether oxygens (including phenoxy) is 3. The number of hydrogen-bond acceptors (Lipinski definition) is 7. The highest BCUT2D eigenvalue weighted by Gasteiger charge is 2.13. The van der Waals surface area contributed by atoms with Gasteiger partial charge in [0.05, 0.1) is 25.3 Å². The van der Waals surface area contributed by atoms with Gasteiger partial charge in [0.1, 0.15) is 5.75 Å². The molecule has 11 heteroatoms. The molecule has 0 spiro atoms. The summed E-state index contributed by atoms with van der Waals surface area (Å²) in [5.74, 6) is -0.192. The van der Waals surface area contributed by atoms with Gasteiger partial charge in [0.2, 0.25) is 17.7 Å². The number of nitrogens with zero attached hydrogens (tertiary/aromatic N) is 2. The molecule has 2 rings (SSSR count). The lowest BCUT2D eigenvalue weighted by molar-refractivity contribution is -0.121. The lowest BCUT2D eigenvalue weighted by atomic mass is 10.3. The molecule has 26 heavy (non-hydrogen) atoms. The van der Waals surface area contributed by atoms with Gasteiger partial charge in [0.25, 0.3) is 5.91 Å². The summed E-state index contributed by atoms with van der Waals surface area (Å²) in [4.78, 5) is 31.4. The summed E-state index contributed by atoms with van der Waals surface area (Å²) in [7, 11) is 2.79. The molecule has 2 aromatic rings. The van der Waals surface area contributed by atoms with E-state index in [0.29, 0.717) is 5.02 Å². The van der Waals surface area contributed by atoms with Crippen molar-refractivity contribution < 1.29 is 23.8 Å². The molecule has 0 unspecified atom stereocenters. The zero-order valence-electron chi connectivity index (χ0n) is 13.7. The normalized spacial score (nSPS) is 10.0. The van der Waals surface area contributed by atoms with Crippen molar-refractivity contribution in [2.24, 2.45) is 0 Å². The molecule has 3 amide bonds. The van der Waals surface area contributed by atoms with Gasteiger partial charge in [-0.15, -0.1) is 0 Å². The van der Waals surface area contributed by atoms with Gasteiger partial charge in [0, 0.05) is 5.02 Å². The first-order valence-electron chi connectivity index (χ1n) is 7.07. The Hall–Kier alpha value is -2.78. The monoisotopic (exact) mass is 400 g/mol. The molecule has 2 N–H and O–H groups in total. The fraction of sp³-hybridized carbons (Fsp3) is 0.200. The number of benzene rings is 1. The second kappa shape index (κ2) is 9.07. The van der Waals surface area contributed by atoms with E-state index in [-0.39, 0.29) is 28.5 Å². The summed E-state index contributed by atoms with van der Waals surface area (Å²) >= 11 is 11.7. The first kappa shape index (κ1) is 19.5. The van der Waals surface area contributed by atoms with E-state index in [2.05, 4.69) is 20.6 Å². The second-order valence-electron chi connectivity index (χ2n) is 4.64. The topological polar surface area (TPSA) is 112 Å². The van der Waals surface area contributed by atoms with Crippen molar-refractivity contribution in [2.45, 2.75) is 0 Å². The minimum atomic E-state index is -0.851. The number of methoxy groups -OCH3 is 2. The van der Waals surface area contributed by atoms with Crippen molar-refractivity contribution in [3.8, 4) is 17.5 Å². The summed E-state index contributed by atoms with van der Waals surface area (Å²) in [5, 5.41) is 5.02. The Bertz CT molecular complexity index is 796. The van der Waals surface area contributed by atoms with Crippen LogP contribution in [0.4, 0.5) is 10.7 Å². The van der Waals surface area contributed by atoms with Crippen LogP contribution in [-0.4, -0.2) is 42.7 Å². The van der Waals surface area contributed by atoms with Crippen LogP contribution in [-0.2, 0) is 4.79 Å². The van der Waals surface area contributed by atoms with Crippen LogP contribution in [0.5, 0.6) is 17.5 Å². The predicted molar refractivity (Wildman–Crippen MR) is 94.3 cm³/mol. The van der Waals surface area contributed by atoms with Gasteiger partial charge in [-0.25, -0.2) is 4.79 Å². The molecule has 0 aliphatic carbocycles. The number of carbonyl (C=O) groups is 2. The molecule has 0 saturated heterocycles. The molecule has 0 atom stereocenters. The van der Waals surface area contributed by atoms with E-state index >= 15 is 0 Å². The standard InChI is InChI=1S/C15H14Cl2N4O5/c1-24-12-6-13(25-2)20-14(19-12)21-15(23)18-11(22)7-26-10-4-3-8(16)5-9(10)17/h3-6H,7H2,1-2H3,(H2,18,19,20,21,22,23). The van der Waals surface area contributed by atoms with Crippen molar-refractivity contribution in [1.29, 1.82) is 0 Å². The minimum Gasteiger partial charge on any atom is -0.482 e. The molecular weight excluding hydrogens is 387 g/mol. The second-order valence-corrected chi connectivity index (χ2v) is 5.49. The smallest absolute Gasteiger partial charge is 0.328 e. The summed E-state index contributed by atoms with van der Waals surface area (Å²) in [6.07, 6.45) is 0. The minimum absolute atomic E-state index is 0.104. The molecular formula is C15H14Cl2N4O5. The van der Waals surface area contributed by atoms with Crippen LogP contribution in [0.1, 0.15) is 0 Å². The van der Waals surface area contributed by atoms with Gasteiger partial charge in [-0.1, -0.05) is 23.2 Å². The highest BCUT2D eigenvalue weighted by Crippen LogP contribution is 2.27. The zero-order chi connectivity index (χ0) is 19.1. The molecule has 0 aliphatic rings. The molecule has 0 fully saturated rings. The first-order valence-corrected chi connectivity index (χ1v) is 7.82. The third kappa shape index (κ3) is 5.64. The molecule has 1 aromatic heterocycles. The van der Waals surface area contributed by atoms with E-state index in [0.717, 1.165) is 0 Å². The van der Waals surface area contributed by atoms with E-state index < -0.39 is 18.5 Å². The van der Waals surface area contributed by atoms with Crippen LogP contribution >= 0.6 is 23.2 Å². The fourth-order valence-electron chi connectivity index (χ4n) is 1.70. The third-order valence-electron chi connectivity index (χ3n) is 2.83. The van der Waals surface area contributed by atoms with Crippen LogP contribution < -0.4 is 24.8 Å². The summed E-state index contributed by atoms with van der Waals surface area (Å²) < 4.78 is 15.1. The molecule has 138 valence electrons. The van der Waals surface area contributed by atoms with E-state index in [1.807, 2.05) is 0 Å². The Morgan fingerprint density at radius 2 is 1.73 bits per heavy atom.